The SMILES string of the molecule is CCCCCC/C=C/C1=C(CC=C=C(CC)CC(O)(O)C(=O)O)[C@@H](CC)CC1. The first kappa shape index (κ1) is 24.4. The molecule has 3 N–H and O–H groups in total. The van der Waals surface area contributed by atoms with Crippen molar-refractivity contribution in [3.63, 3.8) is 0 Å². The Morgan fingerprint density at radius 3 is 2.57 bits per heavy atom. The van der Waals surface area contributed by atoms with Crippen LogP contribution in [0.3, 0.4) is 0 Å². The fraction of sp³-hybridized carbons (Fsp3) is 0.667. The maximum atomic E-state index is 10.9. The second kappa shape index (κ2) is 12.8. The van der Waals surface area contributed by atoms with Gasteiger partial charge in [-0.05, 0) is 68.1 Å². The van der Waals surface area contributed by atoms with Gasteiger partial charge in [-0.15, -0.1) is 5.73 Å². The molecule has 1 atom stereocenters. The van der Waals surface area contributed by atoms with Gasteiger partial charge in [-0.1, -0.05) is 57.8 Å². The van der Waals surface area contributed by atoms with Crippen LogP contribution in [0, 0.1) is 5.92 Å². The zero-order valence-corrected chi connectivity index (χ0v) is 17.8. The van der Waals surface area contributed by atoms with E-state index in [1.54, 1.807) is 0 Å². The summed E-state index contributed by atoms with van der Waals surface area (Å²) < 4.78 is 0. The lowest BCUT2D eigenvalue weighted by Gasteiger charge is -2.16. The molecule has 0 saturated heterocycles. The first-order chi connectivity index (χ1) is 13.4. The van der Waals surface area contributed by atoms with Gasteiger partial charge < -0.3 is 15.3 Å². The molecule has 0 saturated carbocycles. The van der Waals surface area contributed by atoms with Crippen molar-refractivity contribution in [1.82, 2.24) is 0 Å². The number of hydrogen-bond donors (Lipinski definition) is 3. The Labute approximate surface area is 170 Å². The quantitative estimate of drug-likeness (QED) is 0.215. The first-order valence-corrected chi connectivity index (χ1v) is 10.8. The van der Waals surface area contributed by atoms with Crippen LogP contribution in [0.15, 0.2) is 40.7 Å². The molecule has 1 rings (SSSR count). The smallest absolute Gasteiger partial charge is 0.364 e. The molecule has 0 aliphatic heterocycles. The number of unbranched alkanes of at least 4 members (excludes halogenated alkanes) is 4. The standard InChI is InChI=1S/C24H38O4/c1-4-7-8-9-10-11-14-21-17-16-20(6-3)22(21)15-12-13-19(5-2)18-24(27,28)23(25)26/h11-12,14,20,27-28H,4-10,15-18H2,1-3H3,(H,25,26)/b14-11+/t13?,20-/m0/s1. The Balaban J connectivity index is 2.82. The lowest BCUT2D eigenvalue weighted by atomic mass is 9.94. The molecule has 1 aliphatic rings. The minimum absolute atomic E-state index is 0.323. The first-order valence-electron chi connectivity index (χ1n) is 10.8. The molecule has 0 fully saturated rings. The molecule has 4 heteroatoms. The van der Waals surface area contributed by atoms with Crippen molar-refractivity contribution >= 4 is 5.97 Å². The third-order valence-electron chi connectivity index (χ3n) is 5.56. The third-order valence-corrected chi connectivity index (χ3v) is 5.56. The van der Waals surface area contributed by atoms with Gasteiger partial charge in [0, 0.05) is 6.42 Å². The second-order valence-electron chi connectivity index (χ2n) is 7.75. The Hall–Kier alpha value is -1.61. The largest absolute Gasteiger partial charge is 0.477 e. The molecule has 0 aromatic rings. The molecular weight excluding hydrogens is 352 g/mol. The van der Waals surface area contributed by atoms with Crippen LogP contribution in [0.5, 0.6) is 0 Å². The Kier molecular flexibility index (Phi) is 11.1. The highest BCUT2D eigenvalue weighted by Crippen LogP contribution is 2.37. The minimum atomic E-state index is -2.73. The van der Waals surface area contributed by atoms with Gasteiger partial charge in [-0.3, -0.25) is 0 Å². The molecule has 4 nitrogen and oxygen atoms in total. The van der Waals surface area contributed by atoms with E-state index in [2.05, 4.69) is 31.7 Å². The van der Waals surface area contributed by atoms with Crippen molar-refractivity contribution in [2.45, 2.75) is 97.2 Å². The van der Waals surface area contributed by atoms with E-state index in [9.17, 15) is 15.0 Å². The molecule has 0 bridgehead atoms. The molecule has 0 spiro atoms. The lowest BCUT2D eigenvalue weighted by Crippen LogP contribution is -2.38. The highest BCUT2D eigenvalue weighted by molar-refractivity contribution is 5.75. The second-order valence-corrected chi connectivity index (χ2v) is 7.75. The van der Waals surface area contributed by atoms with Gasteiger partial charge >= 0.3 is 5.97 Å². The van der Waals surface area contributed by atoms with Crippen LogP contribution in [-0.2, 0) is 4.79 Å². The number of allylic oxidation sites excluding steroid dienone is 4. The average Bonchev–Trinajstić information content (AvgIpc) is 3.05. The Morgan fingerprint density at radius 2 is 1.96 bits per heavy atom. The maximum absolute atomic E-state index is 10.9. The van der Waals surface area contributed by atoms with Crippen molar-refractivity contribution in [2.75, 3.05) is 0 Å². The van der Waals surface area contributed by atoms with Crippen molar-refractivity contribution < 1.29 is 20.1 Å². The number of carboxylic acid groups (broad SMARTS) is 1. The number of carbonyl (C=O) groups is 1. The zero-order chi connectivity index (χ0) is 21.0. The van der Waals surface area contributed by atoms with Crippen LogP contribution in [0.4, 0.5) is 0 Å². The zero-order valence-electron chi connectivity index (χ0n) is 17.8. The van der Waals surface area contributed by atoms with E-state index in [0.29, 0.717) is 17.9 Å². The molecule has 0 heterocycles. The summed E-state index contributed by atoms with van der Waals surface area (Å²) in [6, 6.07) is 0. The van der Waals surface area contributed by atoms with Gasteiger partial charge in [0.05, 0.1) is 0 Å². The molecule has 0 radical (unpaired) electrons. The van der Waals surface area contributed by atoms with E-state index in [1.165, 1.54) is 43.3 Å². The van der Waals surface area contributed by atoms with Gasteiger partial charge in [-0.2, -0.15) is 0 Å². The third kappa shape index (κ3) is 8.18. The molecule has 0 aromatic heterocycles. The molecule has 0 unspecified atom stereocenters. The lowest BCUT2D eigenvalue weighted by molar-refractivity contribution is -0.202. The fourth-order valence-corrected chi connectivity index (χ4v) is 3.74. The fourth-order valence-electron chi connectivity index (χ4n) is 3.74. The van der Waals surface area contributed by atoms with Crippen LogP contribution < -0.4 is 0 Å². The highest BCUT2D eigenvalue weighted by Gasteiger charge is 2.33. The van der Waals surface area contributed by atoms with Crippen LogP contribution in [0.2, 0.25) is 0 Å². The summed E-state index contributed by atoms with van der Waals surface area (Å²) >= 11 is 0. The summed E-state index contributed by atoms with van der Waals surface area (Å²) in [5, 5.41) is 28.0. The number of carboxylic acids is 1. The van der Waals surface area contributed by atoms with Gasteiger partial charge in [-0.25, -0.2) is 4.79 Å². The average molecular weight is 391 g/mol. The predicted molar refractivity (Wildman–Crippen MR) is 114 cm³/mol. The molecule has 0 aromatic carbocycles. The van der Waals surface area contributed by atoms with Gasteiger partial charge in [0.25, 0.3) is 5.79 Å². The number of hydrogen-bond acceptors (Lipinski definition) is 3. The van der Waals surface area contributed by atoms with Crippen molar-refractivity contribution in [1.29, 1.82) is 0 Å². The summed E-state index contributed by atoms with van der Waals surface area (Å²) in [4.78, 5) is 10.9. The number of rotatable bonds is 13. The molecule has 1 aliphatic carbocycles. The topological polar surface area (TPSA) is 77.8 Å². The maximum Gasteiger partial charge on any atom is 0.364 e. The molecular formula is C24H38O4. The van der Waals surface area contributed by atoms with E-state index in [-0.39, 0.29) is 6.42 Å². The molecule has 28 heavy (non-hydrogen) atoms. The van der Waals surface area contributed by atoms with Gasteiger partial charge in [0.1, 0.15) is 0 Å². The number of aliphatic carboxylic acids is 1. The molecule has 0 amide bonds. The normalized spacial score (nSPS) is 17.2. The van der Waals surface area contributed by atoms with E-state index >= 15 is 0 Å². The van der Waals surface area contributed by atoms with Gasteiger partial charge in [0.2, 0.25) is 0 Å². The van der Waals surface area contributed by atoms with Crippen LogP contribution in [-0.4, -0.2) is 27.1 Å². The summed E-state index contributed by atoms with van der Waals surface area (Å²) in [5.41, 5.74) is 6.60. The van der Waals surface area contributed by atoms with Crippen LogP contribution in [0.25, 0.3) is 0 Å². The molecule has 158 valence electrons. The van der Waals surface area contributed by atoms with Gasteiger partial charge in [0.15, 0.2) is 0 Å². The van der Waals surface area contributed by atoms with E-state index < -0.39 is 11.8 Å². The Morgan fingerprint density at radius 1 is 1.21 bits per heavy atom. The van der Waals surface area contributed by atoms with Crippen molar-refractivity contribution in [3.05, 3.63) is 40.7 Å². The summed E-state index contributed by atoms with van der Waals surface area (Å²) in [6.45, 7) is 6.31. The predicted octanol–water partition coefficient (Wildman–Crippen LogP) is 5.67. The van der Waals surface area contributed by atoms with E-state index in [1.807, 2.05) is 13.0 Å². The number of aliphatic hydroxyl groups is 2. The minimum Gasteiger partial charge on any atom is -0.477 e. The van der Waals surface area contributed by atoms with E-state index in [4.69, 9.17) is 5.11 Å². The van der Waals surface area contributed by atoms with Crippen molar-refractivity contribution in [3.8, 4) is 0 Å². The summed E-state index contributed by atoms with van der Waals surface area (Å²) in [5.74, 6) is -3.76. The summed E-state index contributed by atoms with van der Waals surface area (Å²) in [7, 11) is 0. The van der Waals surface area contributed by atoms with Crippen LogP contribution in [0.1, 0.15) is 91.4 Å². The van der Waals surface area contributed by atoms with E-state index in [0.717, 1.165) is 25.7 Å². The van der Waals surface area contributed by atoms with Crippen LogP contribution >= 0.6 is 0 Å². The monoisotopic (exact) mass is 390 g/mol. The Bertz CT molecular complexity index is 619. The highest BCUT2D eigenvalue weighted by atomic mass is 16.5. The summed E-state index contributed by atoms with van der Waals surface area (Å²) in [6.07, 6.45) is 17.2. The van der Waals surface area contributed by atoms with Crippen molar-refractivity contribution in [2.24, 2.45) is 5.92 Å².